The highest BCUT2D eigenvalue weighted by atomic mass is 16.5. The minimum atomic E-state index is -0.315. The summed E-state index contributed by atoms with van der Waals surface area (Å²) < 4.78 is 5.56. The molecule has 0 aliphatic rings. The minimum Gasteiger partial charge on any atom is -0.480 e. The molecule has 4 rings (SSSR count). The zero-order chi connectivity index (χ0) is 26.0. The first kappa shape index (κ1) is 25.8. The molecule has 0 saturated carbocycles. The number of ether oxygens (including phenoxy) is 1. The van der Waals surface area contributed by atoms with Crippen LogP contribution >= 0.6 is 0 Å². The number of nitrogens with one attached hydrogen (secondary N) is 3. The summed E-state index contributed by atoms with van der Waals surface area (Å²) in [5.41, 5.74) is 3.11. The lowest BCUT2D eigenvalue weighted by Crippen LogP contribution is -2.30. The van der Waals surface area contributed by atoms with Gasteiger partial charge in [0, 0.05) is 30.7 Å². The number of unbranched alkanes of at least 4 members (excludes halogenated alkanes) is 2. The number of carbonyl (C=O) groups is 2. The Morgan fingerprint density at radius 2 is 1.86 bits per heavy atom. The average molecular weight is 501 g/mol. The van der Waals surface area contributed by atoms with E-state index in [0.717, 1.165) is 41.4 Å². The molecule has 0 unspecified atom stereocenters. The second kappa shape index (κ2) is 12.6. The lowest BCUT2D eigenvalue weighted by molar-refractivity contribution is -0.121. The van der Waals surface area contributed by atoms with Crippen LogP contribution in [0.25, 0.3) is 22.2 Å². The van der Waals surface area contributed by atoms with Gasteiger partial charge in [0.05, 0.1) is 42.5 Å². The Labute approximate surface area is 216 Å². The van der Waals surface area contributed by atoms with E-state index in [-0.39, 0.29) is 24.3 Å². The lowest BCUT2D eigenvalue weighted by atomic mass is 10.1. The molecule has 9 heteroatoms. The van der Waals surface area contributed by atoms with Crippen molar-refractivity contribution in [3.8, 4) is 17.1 Å². The lowest BCUT2D eigenvalue weighted by Gasteiger charge is -2.17. The number of methoxy groups -OCH3 is 1. The number of benzene rings is 1. The molecule has 0 saturated heterocycles. The zero-order valence-corrected chi connectivity index (χ0v) is 21.2. The number of pyridine rings is 2. The van der Waals surface area contributed by atoms with Crippen LogP contribution in [0.5, 0.6) is 5.88 Å². The van der Waals surface area contributed by atoms with E-state index in [1.165, 1.54) is 0 Å². The van der Waals surface area contributed by atoms with Crippen molar-refractivity contribution in [2.24, 2.45) is 0 Å². The fourth-order valence-corrected chi connectivity index (χ4v) is 4.22. The number of amides is 2. The first-order chi connectivity index (χ1) is 18.1. The van der Waals surface area contributed by atoms with Crippen molar-refractivity contribution in [1.82, 2.24) is 30.6 Å². The number of rotatable bonds is 12. The zero-order valence-electron chi connectivity index (χ0n) is 21.2. The number of imidazole rings is 1. The third-order valence-electron chi connectivity index (χ3n) is 6.18. The average Bonchev–Trinajstić information content (AvgIpc) is 3.42. The van der Waals surface area contributed by atoms with E-state index in [9.17, 15) is 9.59 Å². The van der Waals surface area contributed by atoms with Crippen molar-refractivity contribution >= 4 is 22.7 Å². The number of hydrogen-bond donors (Lipinski definition) is 3. The van der Waals surface area contributed by atoms with E-state index in [1.54, 1.807) is 26.6 Å². The topological polar surface area (TPSA) is 122 Å². The Kier molecular flexibility index (Phi) is 8.80. The van der Waals surface area contributed by atoms with Crippen molar-refractivity contribution in [3.05, 3.63) is 72.4 Å². The van der Waals surface area contributed by atoms with E-state index in [1.807, 2.05) is 48.5 Å². The molecular formula is C28H32N6O3. The summed E-state index contributed by atoms with van der Waals surface area (Å²) >= 11 is 0. The van der Waals surface area contributed by atoms with Crippen molar-refractivity contribution in [2.45, 2.75) is 44.6 Å². The van der Waals surface area contributed by atoms with Gasteiger partial charge in [-0.15, -0.1) is 0 Å². The van der Waals surface area contributed by atoms with Crippen LogP contribution < -0.4 is 15.4 Å². The van der Waals surface area contributed by atoms with Gasteiger partial charge in [-0.2, -0.15) is 0 Å². The van der Waals surface area contributed by atoms with Crippen molar-refractivity contribution in [2.75, 3.05) is 14.2 Å². The van der Waals surface area contributed by atoms with Crippen LogP contribution in [0.2, 0.25) is 0 Å². The van der Waals surface area contributed by atoms with Crippen LogP contribution in [0.15, 0.2) is 60.9 Å². The van der Waals surface area contributed by atoms with Gasteiger partial charge in [-0.1, -0.05) is 37.1 Å². The van der Waals surface area contributed by atoms with Crippen molar-refractivity contribution in [3.63, 3.8) is 0 Å². The molecule has 0 spiro atoms. The molecule has 0 radical (unpaired) electrons. The minimum absolute atomic E-state index is 0.0360. The molecule has 37 heavy (non-hydrogen) atoms. The molecule has 3 aromatic heterocycles. The smallest absolute Gasteiger partial charge is 0.226 e. The molecule has 2 amide bonds. The van der Waals surface area contributed by atoms with Gasteiger partial charge in [-0.05, 0) is 37.1 Å². The van der Waals surface area contributed by atoms with Crippen LogP contribution in [0.4, 0.5) is 0 Å². The highest BCUT2D eigenvalue weighted by Crippen LogP contribution is 2.31. The summed E-state index contributed by atoms with van der Waals surface area (Å²) in [4.78, 5) is 41.3. The van der Waals surface area contributed by atoms with Gasteiger partial charge in [-0.3, -0.25) is 14.6 Å². The molecule has 0 bridgehead atoms. The summed E-state index contributed by atoms with van der Waals surface area (Å²) in [6.45, 7) is 0. The maximum atomic E-state index is 12.9. The number of H-pyrrole nitrogens is 1. The first-order valence-corrected chi connectivity index (χ1v) is 12.5. The van der Waals surface area contributed by atoms with Gasteiger partial charge in [0.1, 0.15) is 5.82 Å². The second-order valence-corrected chi connectivity index (χ2v) is 8.81. The third-order valence-corrected chi connectivity index (χ3v) is 6.18. The number of aromatic nitrogens is 4. The van der Waals surface area contributed by atoms with Crippen LogP contribution in [0.1, 0.15) is 49.7 Å². The number of fused-ring (bicyclic) bond motifs is 1. The maximum absolute atomic E-state index is 12.9. The summed E-state index contributed by atoms with van der Waals surface area (Å²) in [5, 5.41) is 6.75. The van der Waals surface area contributed by atoms with Gasteiger partial charge in [0.15, 0.2) is 0 Å². The molecule has 1 atom stereocenters. The SMILES string of the molecule is CNC(=O)CCCCC[C@H](NC(=O)Cc1ccccn1)c1ncc(-c2cc3ccccc3nc2OC)[nH]1. The highest BCUT2D eigenvalue weighted by Gasteiger charge is 2.20. The van der Waals surface area contributed by atoms with Gasteiger partial charge in [0.25, 0.3) is 0 Å². The predicted octanol–water partition coefficient (Wildman–Crippen LogP) is 4.13. The van der Waals surface area contributed by atoms with E-state index in [0.29, 0.717) is 30.2 Å². The normalized spacial score (nSPS) is 11.7. The Morgan fingerprint density at radius 1 is 1.03 bits per heavy atom. The van der Waals surface area contributed by atoms with Gasteiger partial charge >= 0.3 is 0 Å². The molecule has 3 heterocycles. The highest BCUT2D eigenvalue weighted by molar-refractivity contribution is 5.85. The molecular weight excluding hydrogens is 468 g/mol. The standard InChI is InChI=1S/C28H32N6O3/c1-29-25(35)14-5-3-4-13-23(32-26(36)17-20-11-8-9-15-30-20)27-31-18-24(33-27)21-16-19-10-6-7-12-22(19)34-28(21)37-2/h6-12,15-16,18,23H,3-5,13-14,17H2,1-2H3,(H,29,35)(H,31,33)(H,32,36)/t23-/m0/s1. The predicted molar refractivity (Wildman–Crippen MR) is 142 cm³/mol. The van der Waals surface area contributed by atoms with Crippen LogP contribution in [-0.4, -0.2) is 45.9 Å². The molecule has 0 aliphatic carbocycles. The fourth-order valence-electron chi connectivity index (χ4n) is 4.22. The van der Waals surface area contributed by atoms with E-state index in [2.05, 4.69) is 30.6 Å². The number of nitrogens with zero attached hydrogens (tertiary/aromatic N) is 3. The molecule has 192 valence electrons. The van der Waals surface area contributed by atoms with Gasteiger partial charge in [-0.25, -0.2) is 9.97 Å². The van der Waals surface area contributed by atoms with Crippen LogP contribution in [0, 0.1) is 0 Å². The summed E-state index contributed by atoms with van der Waals surface area (Å²) in [5.74, 6) is 1.07. The molecule has 1 aromatic carbocycles. The van der Waals surface area contributed by atoms with Crippen molar-refractivity contribution < 1.29 is 14.3 Å². The quantitative estimate of drug-likeness (QED) is 0.252. The number of para-hydroxylation sites is 1. The van der Waals surface area contributed by atoms with Gasteiger partial charge in [0.2, 0.25) is 17.7 Å². The first-order valence-electron chi connectivity index (χ1n) is 12.5. The van der Waals surface area contributed by atoms with Crippen LogP contribution in [-0.2, 0) is 16.0 Å². The number of hydrogen-bond acceptors (Lipinski definition) is 6. The Balaban J connectivity index is 1.52. The van der Waals surface area contributed by atoms with Gasteiger partial charge < -0.3 is 20.4 Å². The van der Waals surface area contributed by atoms with E-state index >= 15 is 0 Å². The maximum Gasteiger partial charge on any atom is 0.226 e. The third kappa shape index (κ3) is 6.91. The fraction of sp³-hybridized carbons (Fsp3) is 0.321. The largest absolute Gasteiger partial charge is 0.480 e. The summed E-state index contributed by atoms with van der Waals surface area (Å²) in [7, 11) is 3.24. The summed E-state index contributed by atoms with van der Waals surface area (Å²) in [6, 6.07) is 15.1. The number of carbonyl (C=O) groups excluding carboxylic acids is 2. The molecule has 0 fully saturated rings. The summed E-state index contributed by atoms with van der Waals surface area (Å²) in [6.07, 6.45) is 7.28. The monoisotopic (exact) mass is 500 g/mol. The number of aromatic amines is 1. The second-order valence-electron chi connectivity index (χ2n) is 8.81. The Hall–Kier alpha value is -4.27. The van der Waals surface area contributed by atoms with Crippen molar-refractivity contribution in [1.29, 1.82) is 0 Å². The van der Waals surface area contributed by atoms with E-state index in [4.69, 9.17) is 4.74 Å². The molecule has 3 N–H and O–H groups in total. The molecule has 9 nitrogen and oxygen atoms in total. The van der Waals surface area contributed by atoms with Crippen LogP contribution in [0.3, 0.4) is 0 Å². The van der Waals surface area contributed by atoms with E-state index < -0.39 is 0 Å². The molecule has 0 aliphatic heterocycles. The Morgan fingerprint density at radius 3 is 2.65 bits per heavy atom. The molecule has 4 aromatic rings. The Bertz CT molecular complexity index is 1340.